The molecule has 0 aromatic carbocycles. The van der Waals surface area contributed by atoms with Crippen LogP contribution in [0.15, 0.2) is 11.1 Å². The Morgan fingerprint density at radius 1 is 1.35 bits per heavy atom. The van der Waals surface area contributed by atoms with Crippen molar-refractivity contribution >= 4 is 15.9 Å². The highest BCUT2D eigenvalue weighted by molar-refractivity contribution is 9.11. The first-order valence-electron chi connectivity index (χ1n) is 7.03. The van der Waals surface area contributed by atoms with Crippen LogP contribution < -0.4 is 5.32 Å². The Morgan fingerprint density at radius 3 is 2.53 bits per heavy atom. The van der Waals surface area contributed by atoms with E-state index < -0.39 is 0 Å². The second-order valence-electron chi connectivity index (χ2n) is 5.55. The first-order valence-corrected chi connectivity index (χ1v) is 7.82. The molecule has 2 aliphatic rings. The molecule has 0 aliphatic carbocycles. The SMILES string of the molecule is C=C(Br)CN1C2CCCC1CC(NCCC)C2. The Hall–Kier alpha value is 0.140. The van der Waals surface area contributed by atoms with Gasteiger partial charge in [-0.15, -0.1) is 0 Å². The number of nitrogens with zero attached hydrogens (tertiary/aromatic N) is 1. The number of fused-ring (bicyclic) bond motifs is 2. The minimum Gasteiger partial charge on any atom is -0.314 e. The van der Waals surface area contributed by atoms with E-state index in [1.807, 2.05) is 0 Å². The molecule has 0 spiro atoms. The second-order valence-corrected chi connectivity index (χ2v) is 6.67. The highest BCUT2D eigenvalue weighted by atomic mass is 79.9. The lowest BCUT2D eigenvalue weighted by Crippen LogP contribution is -2.56. The lowest BCUT2D eigenvalue weighted by atomic mass is 9.81. The molecule has 17 heavy (non-hydrogen) atoms. The van der Waals surface area contributed by atoms with E-state index in [0.717, 1.165) is 29.2 Å². The summed E-state index contributed by atoms with van der Waals surface area (Å²) in [4.78, 5) is 2.69. The van der Waals surface area contributed by atoms with Crippen molar-refractivity contribution < 1.29 is 0 Å². The minimum absolute atomic E-state index is 0.755. The number of nitrogens with one attached hydrogen (secondary N) is 1. The fourth-order valence-electron chi connectivity index (χ4n) is 3.45. The highest BCUT2D eigenvalue weighted by Gasteiger charge is 2.37. The average Bonchev–Trinajstić information content (AvgIpc) is 2.26. The maximum Gasteiger partial charge on any atom is 0.0299 e. The molecule has 0 amide bonds. The van der Waals surface area contributed by atoms with Gasteiger partial charge < -0.3 is 5.32 Å². The van der Waals surface area contributed by atoms with Crippen LogP contribution in [0.2, 0.25) is 0 Å². The van der Waals surface area contributed by atoms with Gasteiger partial charge in [-0.25, -0.2) is 0 Å². The molecule has 2 saturated heterocycles. The third-order valence-electron chi connectivity index (χ3n) is 4.16. The summed E-state index contributed by atoms with van der Waals surface area (Å²) in [6.45, 7) is 8.47. The largest absolute Gasteiger partial charge is 0.314 e. The molecule has 2 aliphatic heterocycles. The van der Waals surface area contributed by atoms with Gasteiger partial charge in [0.05, 0.1) is 0 Å². The van der Waals surface area contributed by atoms with Crippen LogP contribution in [0.1, 0.15) is 45.4 Å². The molecule has 1 N–H and O–H groups in total. The summed E-state index contributed by atoms with van der Waals surface area (Å²) in [5.41, 5.74) is 0. The van der Waals surface area contributed by atoms with Gasteiger partial charge in [0.25, 0.3) is 0 Å². The third-order valence-corrected chi connectivity index (χ3v) is 4.41. The number of rotatable bonds is 5. The summed E-state index contributed by atoms with van der Waals surface area (Å²) >= 11 is 3.52. The van der Waals surface area contributed by atoms with Gasteiger partial charge >= 0.3 is 0 Å². The Labute approximate surface area is 114 Å². The van der Waals surface area contributed by atoms with Gasteiger partial charge in [-0.05, 0) is 38.6 Å². The van der Waals surface area contributed by atoms with Crippen molar-refractivity contribution in [1.29, 1.82) is 0 Å². The van der Waals surface area contributed by atoms with Gasteiger partial charge in [-0.2, -0.15) is 0 Å². The predicted octanol–water partition coefficient (Wildman–Crippen LogP) is 3.28. The fourth-order valence-corrected chi connectivity index (χ4v) is 3.74. The van der Waals surface area contributed by atoms with Gasteiger partial charge in [0.15, 0.2) is 0 Å². The first-order chi connectivity index (χ1) is 8.20. The Morgan fingerprint density at radius 2 is 2.00 bits per heavy atom. The van der Waals surface area contributed by atoms with E-state index in [1.165, 1.54) is 45.1 Å². The normalized spacial score (nSPS) is 33.6. The minimum atomic E-state index is 0.755. The van der Waals surface area contributed by atoms with Crippen LogP contribution in [0, 0.1) is 0 Å². The monoisotopic (exact) mass is 300 g/mol. The van der Waals surface area contributed by atoms with Crippen molar-refractivity contribution in [3.8, 4) is 0 Å². The summed E-state index contributed by atoms with van der Waals surface area (Å²) in [5.74, 6) is 0. The van der Waals surface area contributed by atoms with Crippen LogP contribution in [0.3, 0.4) is 0 Å². The zero-order valence-electron chi connectivity index (χ0n) is 10.9. The summed E-state index contributed by atoms with van der Waals surface area (Å²) < 4.78 is 1.13. The van der Waals surface area contributed by atoms with E-state index >= 15 is 0 Å². The molecule has 0 aromatic rings. The zero-order chi connectivity index (χ0) is 12.3. The summed E-state index contributed by atoms with van der Waals surface area (Å²) in [7, 11) is 0. The molecule has 2 bridgehead atoms. The molecular weight excluding hydrogens is 276 g/mol. The van der Waals surface area contributed by atoms with Crippen molar-refractivity contribution in [2.75, 3.05) is 13.1 Å². The molecule has 98 valence electrons. The maximum absolute atomic E-state index is 4.00. The number of halogens is 1. The molecule has 3 heteroatoms. The molecule has 0 aromatic heterocycles. The van der Waals surface area contributed by atoms with E-state index in [1.54, 1.807) is 0 Å². The Kier molecular flexibility index (Phi) is 5.07. The second kappa shape index (κ2) is 6.35. The Balaban J connectivity index is 1.93. The van der Waals surface area contributed by atoms with Crippen molar-refractivity contribution in [2.45, 2.75) is 63.6 Å². The number of hydrogen-bond acceptors (Lipinski definition) is 2. The lowest BCUT2D eigenvalue weighted by molar-refractivity contribution is 0.0345. The van der Waals surface area contributed by atoms with Crippen LogP contribution in [0.25, 0.3) is 0 Å². The van der Waals surface area contributed by atoms with Crippen molar-refractivity contribution in [3.05, 3.63) is 11.1 Å². The smallest absolute Gasteiger partial charge is 0.0299 e. The van der Waals surface area contributed by atoms with E-state index in [2.05, 4.69) is 39.6 Å². The van der Waals surface area contributed by atoms with Gasteiger partial charge in [-0.1, -0.05) is 35.9 Å². The van der Waals surface area contributed by atoms with E-state index in [-0.39, 0.29) is 0 Å². The van der Waals surface area contributed by atoms with Crippen LogP contribution >= 0.6 is 15.9 Å². The van der Waals surface area contributed by atoms with Crippen molar-refractivity contribution in [2.24, 2.45) is 0 Å². The molecule has 2 heterocycles. The molecule has 0 saturated carbocycles. The molecule has 2 fully saturated rings. The van der Waals surface area contributed by atoms with E-state index in [9.17, 15) is 0 Å². The van der Waals surface area contributed by atoms with Crippen LogP contribution in [0.5, 0.6) is 0 Å². The summed E-state index contributed by atoms with van der Waals surface area (Å²) in [6, 6.07) is 2.32. The summed E-state index contributed by atoms with van der Waals surface area (Å²) in [6.07, 6.45) is 8.07. The van der Waals surface area contributed by atoms with Gasteiger partial charge in [0.1, 0.15) is 0 Å². The third kappa shape index (κ3) is 3.55. The molecule has 2 rings (SSSR count). The van der Waals surface area contributed by atoms with Gasteiger partial charge in [0, 0.05) is 29.2 Å². The highest BCUT2D eigenvalue weighted by Crippen LogP contribution is 2.34. The molecule has 2 nitrogen and oxygen atoms in total. The number of piperidine rings is 2. The van der Waals surface area contributed by atoms with Gasteiger partial charge in [0.2, 0.25) is 0 Å². The summed E-state index contributed by atoms with van der Waals surface area (Å²) in [5, 5.41) is 3.71. The first kappa shape index (κ1) is 13.6. The predicted molar refractivity (Wildman–Crippen MR) is 77.5 cm³/mol. The quantitative estimate of drug-likeness (QED) is 0.838. The average molecular weight is 301 g/mol. The lowest BCUT2D eigenvalue weighted by Gasteiger charge is -2.49. The van der Waals surface area contributed by atoms with Crippen molar-refractivity contribution in [1.82, 2.24) is 10.2 Å². The zero-order valence-corrected chi connectivity index (χ0v) is 12.5. The van der Waals surface area contributed by atoms with Crippen molar-refractivity contribution in [3.63, 3.8) is 0 Å². The molecule has 0 radical (unpaired) electrons. The fraction of sp³-hybridized carbons (Fsp3) is 0.857. The van der Waals surface area contributed by atoms with Crippen LogP contribution in [0.4, 0.5) is 0 Å². The van der Waals surface area contributed by atoms with Crippen LogP contribution in [-0.2, 0) is 0 Å². The topological polar surface area (TPSA) is 15.3 Å². The molecular formula is C14H25BrN2. The standard InChI is InChI=1S/C14H25BrN2/c1-3-7-16-12-8-13-5-4-6-14(9-12)17(13)10-11(2)15/h12-14,16H,2-10H2,1H3. The van der Waals surface area contributed by atoms with Gasteiger partial charge in [-0.3, -0.25) is 4.90 Å². The molecule has 2 unspecified atom stereocenters. The molecule has 2 atom stereocenters. The van der Waals surface area contributed by atoms with Crippen LogP contribution in [-0.4, -0.2) is 36.1 Å². The van der Waals surface area contributed by atoms with E-state index in [4.69, 9.17) is 0 Å². The number of hydrogen-bond donors (Lipinski definition) is 1. The van der Waals surface area contributed by atoms with E-state index in [0.29, 0.717) is 0 Å². The Bertz CT molecular complexity index is 253. The maximum atomic E-state index is 4.00.